The molecule has 0 bridgehead atoms. The minimum Gasteiger partial charge on any atom is -0.310 e. The van der Waals surface area contributed by atoms with Crippen LogP contribution in [0.15, 0.2) is 0 Å². The Bertz CT molecular complexity index is 272. The van der Waals surface area contributed by atoms with Gasteiger partial charge in [0.1, 0.15) is 0 Å². The second kappa shape index (κ2) is 6.58. The zero-order valence-electron chi connectivity index (χ0n) is 13.5. The molecule has 1 aliphatic heterocycles. The van der Waals surface area contributed by atoms with Gasteiger partial charge in [-0.2, -0.15) is 0 Å². The molecule has 1 saturated carbocycles. The third-order valence-electron chi connectivity index (χ3n) is 6.16. The van der Waals surface area contributed by atoms with Crippen molar-refractivity contribution < 1.29 is 0 Å². The second-order valence-corrected chi connectivity index (χ2v) is 6.91. The molecule has 1 saturated heterocycles. The standard InChI is InChI=1S/C17H34N2/c1-5-15-9-10-16(14(15)4)19-12-8-11-18-17(6-2,7-3)13-19/h14-16,18H,5-13H2,1-4H3. The van der Waals surface area contributed by atoms with Crippen molar-refractivity contribution in [1.29, 1.82) is 0 Å². The fourth-order valence-electron chi connectivity index (χ4n) is 4.48. The van der Waals surface area contributed by atoms with Gasteiger partial charge < -0.3 is 5.32 Å². The highest BCUT2D eigenvalue weighted by atomic mass is 15.2. The van der Waals surface area contributed by atoms with E-state index in [1.165, 1.54) is 58.2 Å². The summed E-state index contributed by atoms with van der Waals surface area (Å²) >= 11 is 0. The van der Waals surface area contributed by atoms with E-state index in [-0.39, 0.29) is 0 Å². The molecule has 0 aromatic heterocycles. The molecule has 0 amide bonds. The van der Waals surface area contributed by atoms with Gasteiger partial charge >= 0.3 is 0 Å². The quantitative estimate of drug-likeness (QED) is 0.835. The first-order valence-electron chi connectivity index (χ1n) is 8.64. The Balaban J connectivity index is 2.06. The van der Waals surface area contributed by atoms with E-state index in [4.69, 9.17) is 0 Å². The average Bonchev–Trinajstić information content (AvgIpc) is 2.69. The van der Waals surface area contributed by atoms with Crippen LogP contribution in [0.4, 0.5) is 0 Å². The predicted molar refractivity (Wildman–Crippen MR) is 83.5 cm³/mol. The summed E-state index contributed by atoms with van der Waals surface area (Å²) in [6, 6.07) is 0.849. The van der Waals surface area contributed by atoms with Crippen molar-refractivity contribution in [1.82, 2.24) is 10.2 Å². The van der Waals surface area contributed by atoms with Crippen LogP contribution < -0.4 is 5.32 Å². The molecule has 0 spiro atoms. The van der Waals surface area contributed by atoms with Crippen molar-refractivity contribution in [2.75, 3.05) is 19.6 Å². The van der Waals surface area contributed by atoms with E-state index in [1.807, 2.05) is 0 Å². The van der Waals surface area contributed by atoms with Crippen LogP contribution >= 0.6 is 0 Å². The van der Waals surface area contributed by atoms with Crippen molar-refractivity contribution >= 4 is 0 Å². The fourth-order valence-corrected chi connectivity index (χ4v) is 4.48. The summed E-state index contributed by atoms with van der Waals surface area (Å²) in [5.41, 5.74) is 0.376. The van der Waals surface area contributed by atoms with Crippen molar-refractivity contribution in [2.24, 2.45) is 11.8 Å². The van der Waals surface area contributed by atoms with Crippen LogP contribution in [-0.4, -0.2) is 36.1 Å². The SMILES string of the molecule is CCC1CCC(N2CCCNC(CC)(CC)C2)C1C. The first-order valence-corrected chi connectivity index (χ1v) is 8.64. The van der Waals surface area contributed by atoms with Gasteiger partial charge in [-0.25, -0.2) is 0 Å². The number of nitrogens with zero attached hydrogens (tertiary/aromatic N) is 1. The normalized spacial score (nSPS) is 36.3. The van der Waals surface area contributed by atoms with E-state index in [1.54, 1.807) is 0 Å². The lowest BCUT2D eigenvalue weighted by Gasteiger charge is -2.39. The molecule has 2 fully saturated rings. The van der Waals surface area contributed by atoms with Gasteiger partial charge in [-0.05, 0) is 57.0 Å². The summed E-state index contributed by atoms with van der Waals surface area (Å²) in [5.74, 6) is 1.87. The smallest absolute Gasteiger partial charge is 0.0303 e. The van der Waals surface area contributed by atoms with E-state index in [0.29, 0.717) is 5.54 Å². The lowest BCUT2D eigenvalue weighted by molar-refractivity contribution is 0.119. The topological polar surface area (TPSA) is 15.3 Å². The lowest BCUT2D eigenvalue weighted by atomic mass is 9.89. The largest absolute Gasteiger partial charge is 0.310 e. The molecule has 1 aliphatic carbocycles. The summed E-state index contributed by atoms with van der Waals surface area (Å²) in [6.45, 7) is 13.4. The first-order chi connectivity index (χ1) is 9.15. The highest BCUT2D eigenvalue weighted by Crippen LogP contribution is 2.38. The van der Waals surface area contributed by atoms with Crippen molar-refractivity contribution in [3.05, 3.63) is 0 Å². The molecule has 2 heteroatoms. The maximum atomic E-state index is 3.85. The van der Waals surface area contributed by atoms with Crippen LogP contribution in [0.5, 0.6) is 0 Å². The molecule has 3 atom stereocenters. The zero-order valence-corrected chi connectivity index (χ0v) is 13.5. The summed E-state index contributed by atoms with van der Waals surface area (Å²) in [5, 5.41) is 3.85. The van der Waals surface area contributed by atoms with Gasteiger partial charge in [0, 0.05) is 18.1 Å². The molecule has 2 rings (SSSR count). The van der Waals surface area contributed by atoms with E-state index in [0.717, 1.165) is 17.9 Å². The predicted octanol–water partition coefficient (Wildman–Crippen LogP) is 3.67. The highest BCUT2D eigenvalue weighted by molar-refractivity contribution is 4.96. The average molecular weight is 266 g/mol. The molecule has 3 unspecified atom stereocenters. The third kappa shape index (κ3) is 3.16. The number of hydrogen-bond donors (Lipinski definition) is 1. The lowest BCUT2D eigenvalue weighted by Crippen LogP contribution is -2.53. The van der Waals surface area contributed by atoms with Gasteiger partial charge in [-0.1, -0.05) is 34.1 Å². The van der Waals surface area contributed by atoms with Gasteiger partial charge in [0.2, 0.25) is 0 Å². The molecule has 0 aromatic rings. The number of rotatable bonds is 4. The Labute approximate surface area is 120 Å². The van der Waals surface area contributed by atoms with Crippen LogP contribution in [0.25, 0.3) is 0 Å². The third-order valence-corrected chi connectivity index (χ3v) is 6.16. The monoisotopic (exact) mass is 266 g/mol. The van der Waals surface area contributed by atoms with Gasteiger partial charge in [0.15, 0.2) is 0 Å². The summed E-state index contributed by atoms with van der Waals surface area (Å²) in [4.78, 5) is 2.84. The Hall–Kier alpha value is -0.0800. The molecule has 0 radical (unpaired) electrons. The van der Waals surface area contributed by atoms with Crippen LogP contribution in [0.2, 0.25) is 0 Å². The summed E-state index contributed by atoms with van der Waals surface area (Å²) in [6.07, 6.45) is 8.11. The second-order valence-electron chi connectivity index (χ2n) is 6.91. The minimum absolute atomic E-state index is 0.376. The Morgan fingerprint density at radius 3 is 2.47 bits per heavy atom. The van der Waals surface area contributed by atoms with E-state index in [9.17, 15) is 0 Å². The molecule has 1 N–H and O–H groups in total. The van der Waals surface area contributed by atoms with Gasteiger partial charge in [-0.3, -0.25) is 4.90 Å². The zero-order chi connectivity index (χ0) is 13.9. The molecule has 19 heavy (non-hydrogen) atoms. The van der Waals surface area contributed by atoms with E-state index >= 15 is 0 Å². The first kappa shape index (κ1) is 15.3. The van der Waals surface area contributed by atoms with Crippen LogP contribution in [0.3, 0.4) is 0 Å². The molecular formula is C17H34N2. The van der Waals surface area contributed by atoms with Gasteiger partial charge in [0.25, 0.3) is 0 Å². The van der Waals surface area contributed by atoms with Gasteiger partial charge in [-0.15, -0.1) is 0 Å². The fraction of sp³-hybridized carbons (Fsp3) is 1.00. The Morgan fingerprint density at radius 2 is 1.89 bits per heavy atom. The van der Waals surface area contributed by atoms with E-state index in [2.05, 4.69) is 37.9 Å². The molecule has 2 aliphatic rings. The molecule has 1 heterocycles. The summed E-state index contributed by atoms with van der Waals surface area (Å²) < 4.78 is 0. The van der Waals surface area contributed by atoms with E-state index < -0.39 is 0 Å². The van der Waals surface area contributed by atoms with Crippen molar-refractivity contribution in [3.63, 3.8) is 0 Å². The van der Waals surface area contributed by atoms with Crippen molar-refractivity contribution in [3.8, 4) is 0 Å². The van der Waals surface area contributed by atoms with Crippen LogP contribution in [0, 0.1) is 11.8 Å². The highest BCUT2D eigenvalue weighted by Gasteiger charge is 2.39. The molecular weight excluding hydrogens is 232 g/mol. The molecule has 0 aromatic carbocycles. The Morgan fingerprint density at radius 1 is 1.16 bits per heavy atom. The molecule has 112 valence electrons. The summed E-state index contributed by atoms with van der Waals surface area (Å²) in [7, 11) is 0. The number of nitrogens with one attached hydrogen (secondary N) is 1. The molecule has 2 nitrogen and oxygen atoms in total. The number of hydrogen-bond acceptors (Lipinski definition) is 2. The maximum Gasteiger partial charge on any atom is 0.0303 e. The van der Waals surface area contributed by atoms with Gasteiger partial charge in [0.05, 0.1) is 0 Å². The van der Waals surface area contributed by atoms with Crippen LogP contribution in [0.1, 0.15) is 66.2 Å². The van der Waals surface area contributed by atoms with Crippen LogP contribution in [-0.2, 0) is 0 Å². The van der Waals surface area contributed by atoms with Crippen molar-refractivity contribution in [2.45, 2.75) is 77.8 Å². The maximum absolute atomic E-state index is 3.85. The minimum atomic E-state index is 0.376. The Kier molecular flexibility index (Phi) is 5.30.